The van der Waals surface area contributed by atoms with Crippen LogP contribution < -0.4 is 0 Å². The lowest BCUT2D eigenvalue weighted by atomic mass is 9.59. The van der Waals surface area contributed by atoms with Gasteiger partial charge in [-0.05, 0) is 32.3 Å². The molecule has 5 atom stereocenters. The Kier molecular flexibility index (Phi) is 2.62. The normalized spacial score (nSPS) is 47.5. The molecule has 5 heteroatoms. The maximum Gasteiger partial charge on any atom is 0.336 e. The van der Waals surface area contributed by atoms with Gasteiger partial charge in [0.15, 0.2) is 0 Å². The van der Waals surface area contributed by atoms with Gasteiger partial charge in [-0.1, -0.05) is 6.92 Å². The van der Waals surface area contributed by atoms with E-state index < -0.39 is 23.3 Å². The van der Waals surface area contributed by atoms with Crippen molar-refractivity contribution in [3.63, 3.8) is 0 Å². The summed E-state index contributed by atoms with van der Waals surface area (Å²) in [4.78, 5) is 23.8. The Bertz CT molecular complexity index is 532. The lowest BCUT2D eigenvalue weighted by Crippen LogP contribution is -2.57. The third kappa shape index (κ3) is 1.47. The highest BCUT2D eigenvalue weighted by Gasteiger charge is 2.62. The predicted octanol–water partition coefficient (Wildman–Crippen LogP) is 1.55. The first kappa shape index (κ1) is 13.6. The Morgan fingerprint density at radius 1 is 1.30 bits per heavy atom. The van der Waals surface area contributed by atoms with E-state index in [1.54, 1.807) is 6.92 Å². The van der Waals surface area contributed by atoms with Crippen LogP contribution in [0.25, 0.3) is 0 Å². The van der Waals surface area contributed by atoms with Crippen LogP contribution in [0.15, 0.2) is 11.1 Å². The highest BCUT2D eigenvalue weighted by atomic mass is 16.7. The molecule has 0 aromatic rings. The minimum atomic E-state index is -1.57. The molecule has 1 aliphatic carbocycles. The number of hydrogen-bond acceptors (Lipinski definition) is 5. The van der Waals surface area contributed by atoms with E-state index in [1.807, 2.05) is 13.8 Å². The summed E-state index contributed by atoms with van der Waals surface area (Å²) < 4.78 is 10.7. The molecule has 1 N–H and O–H groups in total. The topological polar surface area (TPSA) is 72.8 Å². The minimum absolute atomic E-state index is 0.0854. The molecule has 0 aromatic carbocycles. The van der Waals surface area contributed by atoms with Crippen LogP contribution in [0.4, 0.5) is 0 Å². The van der Waals surface area contributed by atoms with Gasteiger partial charge in [0.25, 0.3) is 0 Å². The Hall–Kier alpha value is -1.36. The Morgan fingerprint density at radius 3 is 2.60 bits per heavy atom. The first-order chi connectivity index (χ1) is 9.19. The molecule has 0 unspecified atom stereocenters. The van der Waals surface area contributed by atoms with Gasteiger partial charge < -0.3 is 14.6 Å². The van der Waals surface area contributed by atoms with E-state index in [2.05, 4.69) is 0 Å². The fourth-order valence-corrected chi connectivity index (χ4v) is 3.92. The number of carbonyl (C=O) groups is 2. The van der Waals surface area contributed by atoms with Crippen molar-refractivity contribution in [1.82, 2.24) is 0 Å². The SMILES string of the molecule is CC1=C2[C@H]3OC(=O)[C@@H](C)[C@@H]3CC[C@@]2(C)[C@@](C)(O)OC1=O. The molecular weight excluding hydrogens is 260 g/mol. The van der Waals surface area contributed by atoms with Gasteiger partial charge in [0.2, 0.25) is 5.79 Å². The van der Waals surface area contributed by atoms with Gasteiger partial charge in [-0.15, -0.1) is 0 Å². The predicted molar refractivity (Wildman–Crippen MR) is 69.3 cm³/mol. The molecule has 1 saturated carbocycles. The van der Waals surface area contributed by atoms with Crippen LogP contribution in [0.5, 0.6) is 0 Å². The van der Waals surface area contributed by atoms with E-state index in [9.17, 15) is 14.7 Å². The maximum atomic E-state index is 12.0. The van der Waals surface area contributed by atoms with Gasteiger partial charge in [-0.2, -0.15) is 0 Å². The summed E-state index contributed by atoms with van der Waals surface area (Å²) in [6.07, 6.45) is 1.04. The highest BCUT2D eigenvalue weighted by molar-refractivity contribution is 5.91. The van der Waals surface area contributed by atoms with Gasteiger partial charge in [0, 0.05) is 18.4 Å². The highest BCUT2D eigenvalue weighted by Crippen LogP contribution is 2.57. The van der Waals surface area contributed by atoms with E-state index in [1.165, 1.54) is 6.92 Å². The largest absolute Gasteiger partial charge is 0.457 e. The molecule has 2 aliphatic heterocycles. The number of carbonyl (C=O) groups excluding carboxylic acids is 2. The van der Waals surface area contributed by atoms with Crippen molar-refractivity contribution in [1.29, 1.82) is 0 Å². The number of rotatable bonds is 0. The zero-order chi connectivity index (χ0) is 14.9. The average molecular weight is 280 g/mol. The van der Waals surface area contributed by atoms with Crippen LogP contribution in [0.1, 0.15) is 40.5 Å². The van der Waals surface area contributed by atoms with Gasteiger partial charge in [-0.25, -0.2) is 4.79 Å². The molecule has 0 spiro atoms. The van der Waals surface area contributed by atoms with Crippen molar-refractivity contribution in [2.45, 2.75) is 52.4 Å². The number of fused-ring (bicyclic) bond motifs is 3. The van der Waals surface area contributed by atoms with Crippen molar-refractivity contribution in [2.24, 2.45) is 17.3 Å². The molecular formula is C15H20O5. The zero-order valence-corrected chi connectivity index (χ0v) is 12.2. The van der Waals surface area contributed by atoms with Crippen molar-refractivity contribution in [3.05, 3.63) is 11.1 Å². The number of aliphatic hydroxyl groups is 1. The quantitative estimate of drug-likeness (QED) is 0.681. The summed E-state index contributed by atoms with van der Waals surface area (Å²) in [7, 11) is 0. The second-order valence-electron chi connectivity index (χ2n) is 6.59. The summed E-state index contributed by atoms with van der Waals surface area (Å²) in [5.74, 6) is -2.39. The van der Waals surface area contributed by atoms with E-state index >= 15 is 0 Å². The number of ether oxygens (including phenoxy) is 2. The molecule has 110 valence electrons. The van der Waals surface area contributed by atoms with Crippen LogP contribution >= 0.6 is 0 Å². The van der Waals surface area contributed by atoms with Crippen molar-refractivity contribution >= 4 is 11.9 Å². The summed E-state index contributed by atoms with van der Waals surface area (Å²) in [6.45, 7) is 6.94. The average Bonchev–Trinajstić information content (AvgIpc) is 2.62. The van der Waals surface area contributed by atoms with Crippen molar-refractivity contribution < 1.29 is 24.2 Å². The first-order valence-electron chi connectivity index (χ1n) is 7.06. The maximum absolute atomic E-state index is 12.0. The molecule has 1 saturated heterocycles. The Morgan fingerprint density at radius 2 is 1.95 bits per heavy atom. The second-order valence-corrected chi connectivity index (χ2v) is 6.59. The fourth-order valence-electron chi connectivity index (χ4n) is 3.92. The van der Waals surface area contributed by atoms with Gasteiger partial charge in [0.1, 0.15) is 6.10 Å². The number of hydrogen-bond donors (Lipinski definition) is 1. The van der Waals surface area contributed by atoms with E-state index in [0.717, 1.165) is 12.0 Å². The molecule has 20 heavy (non-hydrogen) atoms. The fraction of sp³-hybridized carbons (Fsp3) is 0.733. The lowest BCUT2D eigenvalue weighted by Gasteiger charge is -2.52. The third-order valence-electron chi connectivity index (χ3n) is 5.53. The molecule has 0 bridgehead atoms. The smallest absolute Gasteiger partial charge is 0.336 e. The zero-order valence-electron chi connectivity index (χ0n) is 12.2. The Balaban J connectivity index is 2.15. The van der Waals surface area contributed by atoms with Gasteiger partial charge in [0.05, 0.1) is 11.3 Å². The number of cyclic esters (lactones) is 1. The standard InChI is InChI=1S/C15H20O5/c1-7-9-5-6-14(3)10(11(9)19-12(7)16)8(2)13(17)20-15(14,4)18/h7,9,11,18H,5-6H2,1-4H3/t7-,9-,11-,14+,15-/m0/s1. The first-order valence-corrected chi connectivity index (χ1v) is 7.06. The summed E-state index contributed by atoms with van der Waals surface area (Å²) in [5.41, 5.74) is 0.513. The van der Waals surface area contributed by atoms with Crippen LogP contribution in [-0.2, 0) is 19.1 Å². The summed E-state index contributed by atoms with van der Waals surface area (Å²) >= 11 is 0. The number of esters is 2. The molecule has 0 amide bonds. The van der Waals surface area contributed by atoms with E-state index in [-0.39, 0.29) is 17.8 Å². The van der Waals surface area contributed by atoms with Crippen LogP contribution in [0, 0.1) is 17.3 Å². The molecule has 2 heterocycles. The Labute approximate surface area is 117 Å². The lowest BCUT2D eigenvalue weighted by molar-refractivity contribution is -0.251. The molecule has 0 aromatic heterocycles. The van der Waals surface area contributed by atoms with Crippen molar-refractivity contribution in [3.8, 4) is 0 Å². The van der Waals surface area contributed by atoms with E-state index in [0.29, 0.717) is 12.0 Å². The minimum Gasteiger partial charge on any atom is -0.457 e. The van der Waals surface area contributed by atoms with Crippen LogP contribution in [-0.4, -0.2) is 28.9 Å². The summed E-state index contributed by atoms with van der Waals surface area (Å²) in [6, 6.07) is 0. The van der Waals surface area contributed by atoms with Gasteiger partial charge in [-0.3, -0.25) is 4.79 Å². The van der Waals surface area contributed by atoms with Crippen molar-refractivity contribution in [2.75, 3.05) is 0 Å². The third-order valence-corrected chi connectivity index (χ3v) is 5.53. The molecule has 0 radical (unpaired) electrons. The van der Waals surface area contributed by atoms with Crippen LogP contribution in [0.3, 0.4) is 0 Å². The molecule has 2 fully saturated rings. The van der Waals surface area contributed by atoms with Gasteiger partial charge >= 0.3 is 11.9 Å². The molecule has 3 aliphatic rings. The summed E-state index contributed by atoms with van der Waals surface area (Å²) in [5, 5.41) is 10.6. The molecule has 3 rings (SSSR count). The second kappa shape index (κ2) is 3.85. The molecule has 5 nitrogen and oxygen atoms in total. The van der Waals surface area contributed by atoms with E-state index in [4.69, 9.17) is 9.47 Å². The monoisotopic (exact) mass is 280 g/mol. The van der Waals surface area contributed by atoms with Crippen LogP contribution in [0.2, 0.25) is 0 Å².